The summed E-state index contributed by atoms with van der Waals surface area (Å²) >= 11 is 0. The molecule has 3 atom stereocenters. The number of ether oxygens (including phenoxy) is 1. The first-order valence-corrected chi connectivity index (χ1v) is 12.6. The van der Waals surface area contributed by atoms with Crippen LogP contribution in [0.4, 0.5) is 13.2 Å². The number of nitrogens with zero attached hydrogens (tertiary/aromatic N) is 1. The second kappa shape index (κ2) is 9.58. The quantitative estimate of drug-likeness (QED) is 0.657. The highest BCUT2D eigenvalue weighted by atomic mass is 19.3. The highest BCUT2D eigenvalue weighted by Gasteiger charge is 2.41. The van der Waals surface area contributed by atoms with Gasteiger partial charge in [-0.25, -0.2) is 13.2 Å². The van der Waals surface area contributed by atoms with Crippen LogP contribution in [-0.2, 0) is 22.5 Å². The molecule has 2 amide bonds. The van der Waals surface area contributed by atoms with Gasteiger partial charge in [-0.1, -0.05) is 12.6 Å². The molecule has 0 aromatic heterocycles. The lowest BCUT2D eigenvalue weighted by Gasteiger charge is -2.37. The number of nitrogens with one attached hydrogen (secondary N) is 2. The summed E-state index contributed by atoms with van der Waals surface area (Å²) in [7, 11) is 0. The van der Waals surface area contributed by atoms with Gasteiger partial charge in [-0.2, -0.15) is 0 Å². The predicted molar refractivity (Wildman–Crippen MR) is 123 cm³/mol. The van der Waals surface area contributed by atoms with Crippen LogP contribution in [0, 0.1) is 5.82 Å². The van der Waals surface area contributed by atoms with Crippen LogP contribution < -0.4 is 10.6 Å². The molecular formula is C26H32F3N3O3. The Labute approximate surface area is 203 Å². The van der Waals surface area contributed by atoms with Crippen molar-refractivity contribution in [3.05, 3.63) is 46.9 Å². The maximum Gasteiger partial charge on any atom is 0.255 e. The minimum absolute atomic E-state index is 0.0117. The maximum atomic E-state index is 15.6. The number of piperidine rings is 1. The first-order chi connectivity index (χ1) is 16.7. The number of fused-ring (bicyclic) bond motifs is 1. The van der Waals surface area contributed by atoms with Crippen LogP contribution in [0.1, 0.15) is 72.9 Å². The number of carbonyl (C=O) groups excluding carboxylic acids is 2. The molecule has 3 fully saturated rings. The summed E-state index contributed by atoms with van der Waals surface area (Å²) in [5.41, 5.74) is 1.71. The van der Waals surface area contributed by atoms with Gasteiger partial charge in [0.05, 0.1) is 12.6 Å². The fourth-order valence-electron chi connectivity index (χ4n) is 5.85. The van der Waals surface area contributed by atoms with Gasteiger partial charge < -0.3 is 20.3 Å². The lowest BCUT2D eigenvalue weighted by molar-refractivity contribution is -0.126. The monoisotopic (exact) mass is 491 g/mol. The van der Waals surface area contributed by atoms with E-state index in [4.69, 9.17) is 4.74 Å². The normalized spacial score (nSPS) is 29.3. The van der Waals surface area contributed by atoms with Crippen molar-refractivity contribution < 1.29 is 27.5 Å². The van der Waals surface area contributed by atoms with Crippen LogP contribution in [0.3, 0.4) is 0 Å². The number of carbonyl (C=O) groups is 2. The summed E-state index contributed by atoms with van der Waals surface area (Å²) in [6, 6.07) is 2.61. The molecule has 3 aliphatic heterocycles. The van der Waals surface area contributed by atoms with Crippen molar-refractivity contribution in [1.29, 1.82) is 0 Å². The molecule has 1 saturated carbocycles. The number of alkyl halides is 2. The molecule has 3 heterocycles. The Bertz CT molecular complexity index is 1020. The summed E-state index contributed by atoms with van der Waals surface area (Å²) in [5.74, 6) is -3.62. The number of benzene rings is 1. The van der Waals surface area contributed by atoms with E-state index in [1.807, 2.05) is 0 Å². The second-order valence-electron chi connectivity index (χ2n) is 10.3. The van der Waals surface area contributed by atoms with E-state index in [0.29, 0.717) is 61.1 Å². The van der Waals surface area contributed by atoms with Gasteiger partial charge in [0.25, 0.3) is 5.91 Å². The van der Waals surface area contributed by atoms with Gasteiger partial charge in [0, 0.05) is 54.8 Å². The van der Waals surface area contributed by atoms with Gasteiger partial charge in [-0.3, -0.25) is 9.59 Å². The molecule has 0 spiro atoms. The fourth-order valence-corrected chi connectivity index (χ4v) is 5.85. The van der Waals surface area contributed by atoms with Crippen LogP contribution >= 0.6 is 0 Å². The Balaban J connectivity index is 1.28. The Hall–Kier alpha value is -2.39. The molecule has 5 rings (SSSR count). The van der Waals surface area contributed by atoms with Crippen LogP contribution in [0.15, 0.2) is 24.4 Å². The van der Waals surface area contributed by atoms with E-state index in [1.54, 1.807) is 12.1 Å². The van der Waals surface area contributed by atoms with E-state index in [1.165, 1.54) is 4.90 Å². The van der Waals surface area contributed by atoms with E-state index in [9.17, 15) is 18.4 Å². The average molecular weight is 492 g/mol. The molecule has 0 bridgehead atoms. The van der Waals surface area contributed by atoms with E-state index >= 15 is 4.39 Å². The second-order valence-corrected chi connectivity index (χ2v) is 10.3. The number of hydrogen-bond acceptors (Lipinski definition) is 4. The smallest absolute Gasteiger partial charge is 0.255 e. The van der Waals surface area contributed by atoms with Gasteiger partial charge >= 0.3 is 0 Å². The van der Waals surface area contributed by atoms with E-state index in [2.05, 4.69) is 17.2 Å². The number of hydrogen-bond donors (Lipinski definition) is 2. The van der Waals surface area contributed by atoms with Crippen molar-refractivity contribution in [2.24, 2.45) is 0 Å². The van der Waals surface area contributed by atoms with Crippen molar-refractivity contribution in [1.82, 2.24) is 15.5 Å². The van der Waals surface area contributed by atoms with E-state index in [-0.39, 0.29) is 49.4 Å². The minimum Gasteiger partial charge on any atom is -0.376 e. The Kier molecular flexibility index (Phi) is 6.65. The zero-order chi connectivity index (χ0) is 24.7. The van der Waals surface area contributed by atoms with Crippen molar-refractivity contribution in [2.45, 2.75) is 94.5 Å². The molecule has 2 N–H and O–H groups in total. The molecular weight excluding hydrogens is 459 g/mol. The lowest BCUT2D eigenvalue weighted by atomic mass is 9.89. The summed E-state index contributed by atoms with van der Waals surface area (Å²) in [6.07, 6.45) is 3.43. The predicted octanol–water partition coefficient (Wildman–Crippen LogP) is 3.83. The average Bonchev–Trinajstić information content (AvgIpc) is 3.15. The van der Waals surface area contributed by atoms with Crippen molar-refractivity contribution in [3.63, 3.8) is 0 Å². The third kappa shape index (κ3) is 4.98. The topological polar surface area (TPSA) is 70.7 Å². The molecule has 1 aromatic carbocycles. The number of amides is 2. The van der Waals surface area contributed by atoms with Gasteiger partial charge in [0.1, 0.15) is 11.9 Å². The third-order valence-electron chi connectivity index (χ3n) is 7.87. The van der Waals surface area contributed by atoms with Crippen molar-refractivity contribution >= 4 is 11.8 Å². The first kappa shape index (κ1) is 24.3. The van der Waals surface area contributed by atoms with Crippen molar-refractivity contribution in [2.75, 3.05) is 6.61 Å². The van der Waals surface area contributed by atoms with Gasteiger partial charge in [0.2, 0.25) is 11.8 Å². The summed E-state index contributed by atoms with van der Waals surface area (Å²) < 4.78 is 48.7. The molecule has 0 unspecified atom stereocenters. The highest BCUT2D eigenvalue weighted by molar-refractivity contribution is 6.01. The third-order valence-corrected chi connectivity index (χ3v) is 7.87. The summed E-state index contributed by atoms with van der Waals surface area (Å²) in [6.45, 7) is 4.40. The minimum atomic E-state index is -2.58. The standard InChI is InChI=1S/C26H32F3N3O3/c1-15-4-7-21(24(33)30-15)32-14-19-18(25(32)34)6-5-16(23(19)27)13-22-20(3-2-12-35-22)31-17-8-10-26(28,29)11-9-17/h5-6,17,20-22,31H,1-4,7-14H2,(H,30,33)/t20-,21-,22+/m0/s1. The Morgan fingerprint density at radius 3 is 2.69 bits per heavy atom. The van der Waals surface area contributed by atoms with Crippen LogP contribution in [0.2, 0.25) is 0 Å². The molecule has 4 aliphatic rings. The van der Waals surface area contributed by atoms with Crippen LogP contribution in [0.25, 0.3) is 0 Å². The lowest BCUT2D eigenvalue weighted by Crippen LogP contribution is -2.51. The SMILES string of the molecule is C=C1CC[C@H](N2Cc3c(ccc(C[C@H]4OCCC[C@@H]4NC4CCC(F)(F)CC4)c3F)C2=O)C(=O)N1. The van der Waals surface area contributed by atoms with Crippen LogP contribution in [-0.4, -0.2) is 53.5 Å². The summed E-state index contributed by atoms with van der Waals surface area (Å²) in [4.78, 5) is 26.8. The molecule has 9 heteroatoms. The maximum absolute atomic E-state index is 15.6. The molecule has 2 saturated heterocycles. The Morgan fingerprint density at radius 2 is 1.94 bits per heavy atom. The molecule has 1 aliphatic carbocycles. The number of halogens is 3. The zero-order valence-electron chi connectivity index (χ0n) is 19.8. The van der Waals surface area contributed by atoms with Gasteiger partial charge in [-0.15, -0.1) is 0 Å². The van der Waals surface area contributed by atoms with Crippen molar-refractivity contribution in [3.8, 4) is 0 Å². The molecule has 0 radical (unpaired) electrons. The first-order valence-electron chi connectivity index (χ1n) is 12.6. The molecule has 6 nitrogen and oxygen atoms in total. The van der Waals surface area contributed by atoms with Crippen LogP contribution in [0.5, 0.6) is 0 Å². The molecule has 1 aromatic rings. The molecule has 190 valence electrons. The van der Waals surface area contributed by atoms with Gasteiger partial charge in [-0.05, 0) is 50.2 Å². The Morgan fingerprint density at radius 1 is 1.17 bits per heavy atom. The molecule has 35 heavy (non-hydrogen) atoms. The fraction of sp³-hybridized carbons (Fsp3) is 0.615. The summed E-state index contributed by atoms with van der Waals surface area (Å²) in [5, 5.41) is 6.20. The largest absolute Gasteiger partial charge is 0.376 e. The van der Waals surface area contributed by atoms with E-state index in [0.717, 1.165) is 12.8 Å². The number of allylic oxidation sites excluding steroid dienone is 1. The van der Waals surface area contributed by atoms with Gasteiger partial charge in [0.15, 0.2) is 0 Å². The number of rotatable bonds is 5. The zero-order valence-corrected chi connectivity index (χ0v) is 19.8. The van der Waals surface area contributed by atoms with E-state index < -0.39 is 17.8 Å². The highest BCUT2D eigenvalue weighted by Crippen LogP contribution is 2.35.